The van der Waals surface area contributed by atoms with E-state index in [0.717, 1.165) is 21.1 Å². The Labute approximate surface area is 120 Å². The van der Waals surface area contributed by atoms with Crippen molar-refractivity contribution in [2.75, 3.05) is 11.9 Å². The molecule has 1 atom stereocenters. The molecule has 100 valence electrons. The van der Waals surface area contributed by atoms with Gasteiger partial charge in [-0.1, -0.05) is 35.0 Å². The van der Waals surface area contributed by atoms with Crippen LogP contribution < -0.4 is 5.32 Å². The van der Waals surface area contributed by atoms with Gasteiger partial charge in [-0.15, -0.1) is 0 Å². The number of benzene rings is 1. The smallest absolute Gasteiger partial charge is 0.306 e. The number of carboxylic acid groups (broad SMARTS) is 1. The molecule has 0 spiro atoms. The minimum Gasteiger partial charge on any atom is -0.481 e. The van der Waals surface area contributed by atoms with E-state index in [0.29, 0.717) is 13.0 Å². The first-order chi connectivity index (χ1) is 9.09. The van der Waals surface area contributed by atoms with Crippen LogP contribution in [0.5, 0.6) is 0 Å². The maximum absolute atomic E-state index is 10.7. The predicted octanol–water partition coefficient (Wildman–Crippen LogP) is 3.52. The van der Waals surface area contributed by atoms with Crippen LogP contribution in [0.2, 0.25) is 0 Å². The van der Waals surface area contributed by atoms with Crippen molar-refractivity contribution in [2.45, 2.75) is 13.3 Å². The summed E-state index contributed by atoms with van der Waals surface area (Å²) in [6.45, 7) is 2.29. The van der Waals surface area contributed by atoms with Crippen molar-refractivity contribution >= 4 is 38.5 Å². The van der Waals surface area contributed by atoms with Crippen LogP contribution in [0.25, 0.3) is 10.8 Å². The minimum atomic E-state index is -0.768. The van der Waals surface area contributed by atoms with Crippen LogP contribution >= 0.6 is 15.9 Å². The molecule has 4 nitrogen and oxygen atoms in total. The Morgan fingerprint density at radius 3 is 2.95 bits per heavy atom. The highest BCUT2D eigenvalue weighted by atomic mass is 79.9. The zero-order chi connectivity index (χ0) is 13.8. The second-order valence-corrected chi connectivity index (χ2v) is 5.30. The molecular weight excluding hydrogens is 308 g/mol. The number of hydrogen-bond donors (Lipinski definition) is 2. The van der Waals surface area contributed by atoms with Crippen LogP contribution in [-0.2, 0) is 4.79 Å². The topological polar surface area (TPSA) is 62.2 Å². The second-order valence-electron chi connectivity index (χ2n) is 4.45. The van der Waals surface area contributed by atoms with E-state index in [-0.39, 0.29) is 5.92 Å². The molecule has 0 aliphatic carbocycles. The molecular formula is C14H15BrN2O2. The van der Waals surface area contributed by atoms with E-state index in [1.165, 1.54) is 0 Å². The van der Waals surface area contributed by atoms with E-state index in [4.69, 9.17) is 5.11 Å². The van der Waals surface area contributed by atoms with Gasteiger partial charge in [0.15, 0.2) is 0 Å². The first kappa shape index (κ1) is 13.8. The van der Waals surface area contributed by atoms with Gasteiger partial charge in [-0.2, -0.15) is 0 Å². The van der Waals surface area contributed by atoms with Crippen molar-refractivity contribution in [2.24, 2.45) is 5.92 Å². The van der Waals surface area contributed by atoms with Crippen LogP contribution in [0.3, 0.4) is 0 Å². The molecule has 0 saturated carbocycles. The average molecular weight is 323 g/mol. The van der Waals surface area contributed by atoms with Crippen molar-refractivity contribution in [1.29, 1.82) is 0 Å². The molecule has 0 bridgehead atoms. The quantitative estimate of drug-likeness (QED) is 0.884. The molecule has 0 fully saturated rings. The van der Waals surface area contributed by atoms with E-state index in [1.54, 1.807) is 13.1 Å². The van der Waals surface area contributed by atoms with Crippen LogP contribution in [0.4, 0.5) is 5.82 Å². The Kier molecular flexibility index (Phi) is 4.37. The number of pyridine rings is 1. The molecule has 0 saturated heterocycles. The maximum atomic E-state index is 10.7. The zero-order valence-corrected chi connectivity index (χ0v) is 12.1. The number of aromatic nitrogens is 1. The fourth-order valence-electron chi connectivity index (χ4n) is 1.84. The fraction of sp³-hybridized carbons (Fsp3) is 0.286. The summed E-state index contributed by atoms with van der Waals surface area (Å²) < 4.78 is 1.02. The summed E-state index contributed by atoms with van der Waals surface area (Å²) in [7, 11) is 0. The van der Waals surface area contributed by atoms with Gasteiger partial charge in [0.25, 0.3) is 0 Å². The number of nitrogens with zero attached hydrogens (tertiary/aromatic N) is 1. The number of aliphatic carboxylic acids is 1. The van der Waals surface area contributed by atoms with Gasteiger partial charge < -0.3 is 10.4 Å². The molecule has 0 aliphatic heterocycles. The fourth-order valence-corrected chi connectivity index (χ4v) is 2.34. The lowest BCUT2D eigenvalue weighted by molar-refractivity contribution is -0.141. The third-order valence-electron chi connectivity index (χ3n) is 3.04. The molecule has 1 aromatic carbocycles. The third kappa shape index (κ3) is 3.23. The number of carbonyl (C=O) groups is 1. The van der Waals surface area contributed by atoms with Crippen molar-refractivity contribution in [1.82, 2.24) is 4.98 Å². The van der Waals surface area contributed by atoms with Gasteiger partial charge in [0.05, 0.1) is 5.92 Å². The summed E-state index contributed by atoms with van der Waals surface area (Å²) in [5, 5.41) is 14.2. The van der Waals surface area contributed by atoms with Crippen LogP contribution in [0, 0.1) is 5.92 Å². The van der Waals surface area contributed by atoms with Gasteiger partial charge in [0.2, 0.25) is 0 Å². The first-order valence-electron chi connectivity index (χ1n) is 6.09. The summed E-state index contributed by atoms with van der Waals surface area (Å²) in [6.07, 6.45) is 2.32. The number of hydrogen-bond acceptors (Lipinski definition) is 3. The Morgan fingerprint density at radius 2 is 2.21 bits per heavy atom. The van der Waals surface area contributed by atoms with E-state index >= 15 is 0 Å². The highest BCUT2D eigenvalue weighted by Crippen LogP contribution is 2.27. The van der Waals surface area contributed by atoms with Crippen molar-refractivity contribution < 1.29 is 9.90 Å². The van der Waals surface area contributed by atoms with Gasteiger partial charge >= 0.3 is 5.97 Å². The number of halogens is 1. The maximum Gasteiger partial charge on any atom is 0.306 e. The third-order valence-corrected chi connectivity index (χ3v) is 3.74. The predicted molar refractivity (Wildman–Crippen MR) is 79.3 cm³/mol. The lowest BCUT2D eigenvalue weighted by atomic mass is 10.1. The highest BCUT2D eigenvalue weighted by molar-refractivity contribution is 9.10. The van der Waals surface area contributed by atoms with Crippen molar-refractivity contribution in [3.05, 3.63) is 34.9 Å². The monoisotopic (exact) mass is 322 g/mol. The molecule has 1 aromatic heterocycles. The molecule has 1 heterocycles. The minimum absolute atomic E-state index is 0.353. The number of anilines is 1. The van der Waals surface area contributed by atoms with Crippen molar-refractivity contribution in [3.8, 4) is 0 Å². The Morgan fingerprint density at radius 1 is 1.42 bits per heavy atom. The Bertz CT molecular complexity index is 601. The van der Waals surface area contributed by atoms with Gasteiger partial charge in [-0.3, -0.25) is 4.79 Å². The largest absolute Gasteiger partial charge is 0.481 e. The molecule has 2 N–H and O–H groups in total. The van der Waals surface area contributed by atoms with Gasteiger partial charge in [0, 0.05) is 28.0 Å². The van der Waals surface area contributed by atoms with Gasteiger partial charge in [-0.05, 0) is 18.6 Å². The average Bonchev–Trinajstić information content (AvgIpc) is 2.39. The first-order valence-corrected chi connectivity index (χ1v) is 6.89. The lowest BCUT2D eigenvalue weighted by Gasteiger charge is -2.11. The molecule has 0 radical (unpaired) electrons. The van der Waals surface area contributed by atoms with E-state index < -0.39 is 5.97 Å². The zero-order valence-electron chi connectivity index (χ0n) is 10.6. The van der Waals surface area contributed by atoms with Crippen LogP contribution in [0.15, 0.2) is 34.9 Å². The number of carboxylic acids is 1. The molecule has 0 amide bonds. The Hall–Kier alpha value is -1.62. The Balaban J connectivity index is 2.13. The molecule has 0 aliphatic rings. The van der Waals surface area contributed by atoms with Gasteiger partial charge in [-0.25, -0.2) is 4.98 Å². The van der Waals surface area contributed by atoms with Crippen LogP contribution in [0.1, 0.15) is 13.3 Å². The second kappa shape index (κ2) is 6.02. The standard InChI is InChI=1S/C14H15BrN2O2/c1-9(14(18)19)5-7-16-13-11-3-2-4-12(15)10(11)6-8-17-13/h2-4,6,8-9H,5,7H2,1H3,(H,16,17)(H,18,19). The normalized spacial score (nSPS) is 12.3. The summed E-state index contributed by atoms with van der Waals surface area (Å²) >= 11 is 3.51. The number of rotatable bonds is 5. The molecule has 1 unspecified atom stereocenters. The van der Waals surface area contributed by atoms with E-state index in [2.05, 4.69) is 26.2 Å². The van der Waals surface area contributed by atoms with E-state index in [1.807, 2.05) is 24.3 Å². The number of fused-ring (bicyclic) bond motifs is 1. The lowest BCUT2D eigenvalue weighted by Crippen LogP contribution is -2.14. The number of nitrogens with one attached hydrogen (secondary N) is 1. The summed E-state index contributed by atoms with van der Waals surface area (Å²) in [6, 6.07) is 7.89. The van der Waals surface area contributed by atoms with Crippen LogP contribution in [-0.4, -0.2) is 22.6 Å². The van der Waals surface area contributed by atoms with Gasteiger partial charge in [0.1, 0.15) is 5.82 Å². The summed E-state index contributed by atoms with van der Waals surface area (Å²) in [5.74, 6) is -0.332. The van der Waals surface area contributed by atoms with E-state index in [9.17, 15) is 4.79 Å². The molecule has 2 aromatic rings. The summed E-state index contributed by atoms with van der Waals surface area (Å²) in [5.41, 5.74) is 0. The highest BCUT2D eigenvalue weighted by Gasteiger charge is 2.10. The SMILES string of the molecule is CC(CCNc1nccc2c(Br)cccc12)C(=O)O. The summed E-state index contributed by atoms with van der Waals surface area (Å²) in [4.78, 5) is 15.1. The molecule has 5 heteroatoms. The van der Waals surface area contributed by atoms with Crippen molar-refractivity contribution in [3.63, 3.8) is 0 Å². The molecule has 2 rings (SSSR count). The molecule has 19 heavy (non-hydrogen) atoms.